The fourth-order valence-corrected chi connectivity index (χ4v) is 5.28. The van der Waals surface area contributed by atoms with Crippen LogP contribution in [-0.2, 0) is 4.74 Å². The van der Waals surface area contributed by atoms with Gasteiger partial charge in [0.15, 0.2) is 0 Å². The van der Waals surface area contributed by atoms with E-state index in [0.29, 0.717) is 6.10 Å². The molecule has 0 aromatic carbocycles. The highest BCUT2D eigenvalue weighted by atomic mass is 16.5. The van der Waals surface area contributed by atoms with Crippen LogP contribution in [-0.4, -0.2) is 12.7 Å². The molecule has 1 nitrogen and oxygen atoms in total. The molecule has 2 fully saturated rings. The zero-order valence-corrected chi connectivity index (χ0v) is 17.4. The highest BCUT2D eigenvalue weighted by Crippen LogP contribution is 2.41. The van der Waals surface area contributed by atoms with Gasteiger partial charge in [0.25, 0.3) is 0 Å². The molecule has 0 atom stereocenters. The minimum atomic E-state index is 0.591. The van der Waals surface area contributed by atoms with Crippen LogP contribution in [0.15, 0.2) is 0 Å². The molecule has 2 rings (SSSR count). The van der Waals surface area contributed by atoms with Gasteiger partial charge in [-0.3, -0.25) is 0 Å². The van der Waals surface area contributed by atoms with Gasteiger partial charge < -0.3 is 4.74 Å². The quantitative estimate of drug-likeness (QED) is 0.325. The molecule has 2 saturated carbocycles. The molecule has 0 bridgehead atoms. The summed E-state index contributed by atoms with van der Waals surface area (Å²) in [6.45, 7) is 5.69. The van der Waals surface area contributed by atoms with E-state index in [-0.39, 0.29) is 0 Å². The van der Waals surface area contributed by atoms with Crippen molar-refractivity contribution in [2.45, 2.75) is 129 Å². The Hall–Kier alpha value is -0.0400. The third kappa shape index (κ3) is 8.46. The lowest BCUT2D eigenvalue weighted by Crippen LogP contribution is -2.28. The predicted octanol–water partition coefficient (Wildman–Crippen LogP) is 7.92. The van der Waals surface area contributed by atoms with Crippen LogP contribution in [0.25, 0.3) is 0 Å². The molecule has 2 aliphatic rings. The van der Waals surface area contributed by atoms with Gasteiger partial charge in [0, 0.05) is 6.61 Å². The first-order chi connectivity index (χ1) is 12.3. The molecular formula is C24H46O. The van der Waals surface area contributed by atoms with E-state index in [1.54, 1.807) is 0 Å². The molecule has 25 heavy (non-hydrogen) atoms. The summed E-state index contributed by atoms with van der Waals surface area (Å²) in [5, 5.41) is 0. The number of hydrogen-bond acceptors (Lipinski definition) is 1. The van der Waals surface area contributed by atoms with Crippen LogP contribution < -0.4 is 0 Å². The van der Waals surface area contributed by atoms with Gasteiger partial charge in [-0.1, -0.05) is 78.1 Å². The van der Waals surface area contributed by atoms with Crippen molar-refractivity contribution in [2.75, 3.05) is 6.61 Å². The second-order valence-corrected chi connectivity index (χ2v) is 9.07. The monoisotopic (exact) mass is 350 g/mol. The third-order valence-corrected chi connectivity index (χ3v) is 7.21. The largest absolute Gasteiger partial charge is 0.378 e. The summed E-state index contributed by atoms with van der Waals surface area (Å²) in [6.07, 6.45) is 24.8. The Morgan fingerprint density at radius 2 is 1.12 bits per heavy atom. The normalized spacial score (nSPS) is 30.5. The number of hydrogen-bond donors (Lipinski definition) is 0. The molecule has 148 valence electrons. The van der Waals surface area contributed by atoms with Crippen LogP contribution >= 0.6 is 0 Å². The Morgan fingerprint density at radius 1 is 0.600 bits per heavy atom. The zero-order chi connectivity index (χ0) is 17.7. The first-order valence-corrected chi connectivity index (χ1v) is 11.9. The Bertz CT molecular complexity index is 297. The Morgan fingerprint density at radius 3 is 1.68 bits per heavy atom. The predicted molar refractivity (Wildman–Crippen MR) is 110 cm³/mol. The maximum atomic E-state index is 6.20. The van der Waals surface area contributed by atoms with Crippen LogP contribution in [0.4, 0.5) is 0 Å². The molecule has 0 unspecified atom stereocenters. The average molecular weight is 351 g/mol. The van der Waals surface area contributed by atoms with Crippen molar-refractivity contribution in [3.63, 3.8) is 0 Å². The molecule has 2 aliphatic carbocycles. The van der Waals surface area contributed by atoms with Crippen molar-refractivity contribution in [2.24, 2.45) is 17.8 Å². The second-order valence-electron chi connectivity index (χ2n) is 9.07. The number of ether oxygens (including phenoxy) is 1. The van der Waals surface area contributed by atoms with E-state index in [9.17, 15) is 0 Å². The highest BCUT2D eigenvalue weighted by molar-refractivity contribution is 4.82. The summed E-state index contributed by atoms with van der Waals surface area (Å²) in [6, 6.07) is 0. The fraction of sp³-hybridized carbons (Fsp3) is 1.00. The smallest absolute Gasteiger partial charge is 0.0575 e. The molecule has 0 N–H and O–H groups in total. The van der Waals surface area contributed by atoms with Crippen molar-refractivity contribution in [1.82, 2.24) is 0 Å². The van der Waals surface area contributed by atoms with Gasteiger partial charge in [-0.25, -0.2) is 0 Å². The van der Waals surface area contributed by atoms with Crippen LogP contribution in [0.1, 0.15) is 123 Å². The van der Waals surface area contributed by atoms with E-state index in [2.05, 4.69) is 13.8 Å². The highest BCUT2D eigenvalue weighted by Gasteiger charge is 2.30. The summed E-state index contributed by atoms with van der Waals surface area (Å²) in [7, 11) is 0. The summed E-state index contributed by atoms with van der Waals surface area (Å²) in [5.74, 6) is 3.12. The Kier molecular flexibility index (Phi) is 11.2. The minimum absolute atomic E-state index is 0.591. The van der Waals surface area contributed by atoms with Crippen molar-refractivity contribution < 1.29 is 4.74 Å². The molecule has 0 aromatic heterocycles. The summed E-state index contributed by atoms with van der Waals surface area (Å²) in [4.78, 5) is 0. The lowest BCUT2D eigenvalue weighted by molar-refractivity contribution is 0.00536. The lowest BCUT2D eigenvalue weighted by atomic mass is 9.70. The Labute approximate surface area is 158 Å². The molecule has 0 aliphatic heterocycles. The molecule has 0 saturated heterocycles. The second kappa shape index (κ2) is 13.2. The minimum Gasteiger partial charge on any atom is -0.378 e. The summed E-state index contributed by atoms with van der Waals surface area (Å²) >= 11 is 0. The molecule has 0 radical (unpaired) electrons. The van der Waals surface area contributed by atoms with Gasteiger partial charge in [-0.2, -0.15) is 0 Å². The van der Waals surface area contributed by atoms with Gasteiger partial charge in [0.05, 0.1) is 6.10 Å². The van der Waals surface area contributed by atoms with Gasteiger partial charge in [-0.05, 0) is 62.7 Å². The third-order valence-electron chi connectivity index (χ3n) is 7.21. The van der Waals surface area contributed by atoms with E-state index in [0.717, 1.165) is 24.4 Å². The standard InChI is InChI=1S/C24H46O/c1-3-5-6-7-8-9-10-11-20-25-24-18-16-23(17-19-24)22-14-12-21(4-2)13-15-22/h21-24H,3-20H2,1-2H3/t21-,22-,23-,24-. The topological polar surface area (TPSA) is 9.23 Å². The van der Waals surface area contributed by atoms with Crippen molar-refractivity contribution in [3.05, 3.63) is 0 Å². The first-order valence-electron chi connectivity index (χ1n) is 11.9. The SMILES string of the molecule is CCCCCCCCCCO[C@H]1CC[C@H]([C@H]2CC[C@H](CC)CC2)CC1. The van der Waals surface area contributed by atoms with E-state index < -0.39 is 0 Å². The zero-order valence-electron chi connectivity index (χ0n) is 17.4. The van der Waals surface area contributed by atoms with Crippen LogP contribution in [0.5, 0.6) is 0 Å². The van der Waals surface area contributed by atoms with Crippen molar-refractivity contribution in [3.8, 4) is 0 Å². The van der Waals surface area contributed by atoms with E-state index in [1.807, 2.05) is 0 Å². The van der Waals surface area contributed by atoms with Crippen LogP contribution in [0.3, 0.4) is 0 Å². The van der Waals surface area contributed by atoms with Crippen molar-refractivity contribution in [1.29, 1.82) is 0 Å². The first kappa shape index (κ1) is 21.3. The maximum Gasteiger partial charge on any atom is 0.0575 e. The molecule has 0 spiro atoms. The van der Waals surface area contributed by atoms with Gasteiger partial charge in [0.2, 0.25) is 0 Å². The van der Waals surface area contributed by atoms with E-state index >= 15 is 0 Å². The van der Waals surface area contributed by atoms with Gasteiger partial charge >= 0.3 is 0 Å². The van der Waals surface area contributed by atoms with Gasteiger partial charge in [0.1, 0.15) is 0 Å². The molecule has 0 aromatic rings. The summed E-state index contributed by atoms with van der Waals surface area (Å²) < 4.78 is 6.20. The van der Waals surface area contributed by atoms with E-state index in [4.69, 9.17) is 4.74 Å². The van der Waals surface area contributed by atoms with E-state index in [1.165, 1.54) is 109 Å². The average Bonchev–Trinajstić information content (AvgIpc) is 2.67. The van der Waals surface area contributed by atoms with Crippen LogP contribution in [0, 0.1) is 17.8 Å². The van der Waals surface area contributed by atoms with Crippen LogP contribution in [0.2, 0.25) is 0 Å². The van der Waals surface area contributed by atoms with Gasteiger partial charge in [-0.15, -0.1) is 0 Å². The fourth-order valence-electron chi connectivity index (χ4n) is 5.28. The molecular weight excluding hydrogens is 304 g/mol. The Balaban J connectivity index is 1.43. The number of unbranched alkanes of at least 4 members (excludes halogenated alkanes) is 7. The summed E-state index contributed by atoms with van der Waals surface area (Å²) in [5.41, 5.74) is 0. The molecule has 1 heteroatoms. The molecule has 0 amide bonds. The lowest BCUT2D eigenvalue weighted by Gasteiger charge is -2.37. The maximum absolute atomic E-state index is 6.20. The molecule has 0 heterocycles. The van der Waals surface area contributed by atoms with Crippen molar-refractivity contribution >= 4 is 0 Å². The number of rotatable bonds is 12.